The highest BCUT2D eigenvalue weighted by molar-refractivity contribution is 6.10. The third-order valence-corrected chi connectivity index (χ3v) is 7.54. The second-order valence-electron chi connectivity index (χ2n) is 10.9. The summed E-state index contributed by atoms with van der Waals surface area (Å²) in [5.74, 6) is -1.01. The van der Waals surface area contributed by atoms with Crippen molar-refractivity contribution < 1.29 is 29.0 Å². The van der Waals surface area contributed by atoms with Gasteiger partial charge in [-0.3, -0.25) is 14.4 Å². The Morgan fingerprint density at radius 2 is 1.72 bits per heavy atom. The standard InChI is InChI=1S/C30H37N3O6/c1-17(2)19(4)32-27(34)22-8-7-18(3)13-24(22)33-28(35)23-15-25(20(16-31)14-26(23)38-6)39-21-9-11-30(5,12-10-21)29(36)37/h7-8,13-15,17,19,21H,9-12H2,1-6H3,(H,32,34)(H,33,35)(H,36,37). The molecule has 0 aromatic heterocycles. The molecule has 0 saturated heterocycles. The molecule has 9 nitrogen and oxygen atoms in total. The summed E-state index contributed by atoms with van der Waals surface area (Å²) in [4.78, 5) is 38.1. The predicted molar refractivity (Wildman–Crippen MR) is 147 cm³/mol. The van der Waals surface area contributed by atoms with Crippen LogP contribution in [0.25, 0.3) is 0 Å². The predicted octanol–water partition coefficient (Wildman–Crippen LogP) is 5.31. The van der Waals surface area contributed by atoms with Gasteiger partial charge in [0.05, 0.1) is 41.0 Å². The van der Waals surface area contributed by atoms with E-state index in [2.05, 4.69) is 16.7 Å². The monoisotopic (exact) mass is 535 g/mol. The van der Waals surface area contributed by atoms with Gasteiger partial charge < -0.3 is 25.2 Å². The number of nitrogens with zero attached hydrogens (tertiary/aromatic N) is 1. The molecule has 0 spiro atoms. The summed E-state index contributed by atoms with van der Waals surface area (Å²) in [5.41, 5.74) is 1.08. The van der Waals surface area contributed by atoms with E-state index in [0.717, 1.165) is 5.56 Å². The smallest absolute Gasteiger partial charge is 0.309 e. The van der Waals surface area contributed by atoms with Crippen molar-refractivity contribution >= 4 is 23.5 Å². The Hall–Kier alpha value is -4.06. The molecular formula is C30H37N3O6. The molecule has 3 rings (SSSR count). The van der Waals surface area contributed by atoms with Gasteiger partial charge >= 0.3 is 5.97 Å². The van der Waals surface area contributed by atoms with Gasteiger partial charge in [-0.25, -0.2) is 0 Å². The fourth-order valence-electron chi connectivity index (χ4n) is 4.43. The first-order valence-corrected chi connectivity index (χ1v) is 13.1. The fraction of sp³-hybridized carbons (Fsp3) is 0.467. The number of carbonyl (C=O) groups excluding carboxylic acids is 2. The second kappa shape index (κ2) is 12.2. The second-order valence-corrected chi connectivity index (χ2v) is 10.9. The number of carboxylic acids is 1. The third-order valence-electron chi connectivity index (χ3n) is 7.54. The van der Waals surface area contributed by atoms with Gasteiger partial charge in [-0.1, -0.05) is 19.9 Å². The van der Waals surface area contributed by atoms with Crippen molar-refractivity contribution in [3.63, 3.8) is 0 Å². The van der Waals surface area contributed by atoms with Crippen LogP contribution >= 0.6 is 0 Å². The molecule has 39 heavy (non-hydrogen) atoms. The molecule has 0 radical (unpaired) electrons. The molecule has 1 aliphatic carbocycles. The summed E-state index contributed by atoms with van der Waals surface area (Å²) in [7, 11) is 1.40. The van der Waals surface area contributed by atoms with Crippen LogP contribution in [0.5, 0.6) is 11.5 Å². The Morgan fingerprint density at radius 1 is 1.05 bits per heavy atom. The highest BCUT2D eigenvalue weighted by Crippen LogP contribution is 2.39. The molecule has 2 aromatic rings. The molecule has 9 heteroatoms. The molecule has 1 unspecified atom stereocenters. The Balaban J connectivity index is 1.88. The molecule has 1 saturated carbocycles. The number of hydrogen-bond acceptors (Lipinski definition) is 6. The molecule has 0 heterocycles. The lowest BCUT2D eigenvalue weighted by Gasteiger charge is -2.34. The molecule has 0 bridgehead atoms. The van der Waals surface area contributed by atoms with Crippen molar-refractivity contribution in [2.75, 3.05) is 12.4 Å². The number of anilines is 1. The lowest BCUT2D eigenvalue weighted by atomic mass is 9.75. The number of carbonyl (C=O) groups is 3. The zero-order valence-corrected chi connectivity index (χ0v) is 23.4. The van der Waals surface area contributed by atoms with E-state index < -0.39 is 17.3 Å². The molecule has 1 atom stereocenters. The van der Waals surface area contributed by atoms with Crippen LogP contribution in [0.1, 0.15) is 85.2 Å². The minimum Gasteiger partial charge on any atom is -0.496 e. The molecule has 208 valence electrons. The van der Waals surface area contributed by atoms with E-state index in [1.807, 2.05) is 27.7 Å². The van der Waals surface area contributed by atoms with E-state index in [0.29, 0.717) is 36.9 Å². The van der Waals surface area contributed by atoms with Gasteiger partial charge in [0.25, 0.3) is 11.8 Å². The van der Waals surface area contributed by atoms with Crippen LogP contribution in [0.3, 0.4) is 0 Å². The zero-order valence-electron chi connectivity index (χ0n) is 23.4. The first-order valence-electron chi connectivity index (χ1n) is 13.1. The number of rotatable bonds is 9. The molecule has 2 aromatic carbocycles. The van der Waals surface area contributed by atoms with Crippen molar-refractivity contribution in [2.24, 2.45) is 11.3 Å². The average molecular weight is 536 g/mol. The Morgan fingerprint density at radius 3 is 2.28 bits per heavy atom. The number of ether oxygens (including phenoxy) is 2. The van der Waals surface area contributed by atoms with E-state index in [4.69, 9.17) is 9.47 Å². The van der Waals surface area contributed by atoms with Gasteiger partial charge in [-0.05, 0) is 76.1 Å². The zero-order chi connectivity index (χ0) is 28.9. The number of amides is 2. The SMILES string of the molecule is COc1cc(C#N)c(OC2CCC(C)(C(=O)O)CC2)cc1C(=O)Nc1cc(C)ccc1C(=O)NC(C)C(C)C. The number of nitrogens with one attached hydrogen (secondary N) is 2. The first-order chi connectivity index (χ1) is 18.4. The van der Waals surface area contributed by atoms with Crippen LogP contribution in [-0.4, -0.2) is 42.1 Å². The normalized spacial score (nSPS) is 19.5. The molecule has 1 aliphatic rings. The van der Waals surface area contributed by atoms with Crippen LogP contribution < -0.4 is 20.1 Å². The molecular weight excluding hydrogens is 498 g/mol. The van der Waals surface area contributed by atoms with Gasteiger partial charge in [0.1, 0.15) is 17.6 Å². The van der Waals surface area contributed by atoms with Gasteiger partial charge in [0.2, 0.25) is 0 Å². The average Bonchev–Trinajstić information content (AvgIpc) is 2.89. The summed E-state index contributed by atoms with van der Waals surface area (Å²) in [5, 5.41) is 25.0. The highest BCUT2D eigenvalue weighted by atomic mass is 16.5. The minimum absolute atomic E-state index is 0.0613. The summed E-state index contributed by atoms with van der Waals surface area (Å²) >= 11 is 0. The lowest BCUT2D eigenvalue weighted by Crippen LogP contribution is -2.36. The molecule has 1 fully saturated rings. The van der Waals surface area contributed by atoms with Gasteiger partial charge in [-0.15, -0.1) is 0 Å². The third kappa shape index (κ3) is 6.88. The maximum absolute atomic E-state index is 13.5. The number of carboxylic acid groups (broad SMARTS) is 1. The number of aryl methyl sites for hydroxylation is 1. The van der Waals surface area contributed by atoms with Crippen LogP contribution in [0, 0.1) is 29.6 Å². The lowest BCUT2D eigenvalue weighted by molar-refractivity contribution is -0.150. The van der Waals surface area contributed by atoms with Crippen LogP contribution in [-0.2, 0) is 4.79 Å². The molecule has 0 aliphatic heterocycles. The fourth-order valence-corrected chi connectivity index (χ4v) is 4.43. The van der Waals surface area contributed by atoms with Crippen LogP contribution in [0.15, 0.2) is 30.3 Å². The molecule has 2 amide bonds. The Labute approximate surface area is 229 Å². The Bertz CT molecular complexity index is 1290. The summed E-state index contributed by atoms with van der Waals surface area (Å²) in [6.45, 7) is 9.54. The van der Waals surface area contributed by atoms with Crippen molar-refractivity contribution in [1.29, 1.82) is 5.26 Å². The van der Waals surface area contributed by atoms with Gasteiger partial charge in [0, 0.05) is 12.1 Å². The minimum atomic E-state index is -0.829. The van der Waals surface area contributed by atoms with E-state index in [1.165, 1.54) is 19.2 Å². The van der Waals surface area contributed by atoms with Gasteiger partial charge in [-0.2, -0.15) is 5.26 Å². The van der Waals surface area contributed by atoms with E-state index in [9.17, 15) is 24.8 Å². The van der Waals surface area contributed by atoms with E-state index in [1.54, 1.807) is 25.1 Å². The topological polar surface area (TPSA) is 138 Å². The summed E-state index contributed by atoms with van der Waals surface area (Å²) in [6, 6.07) is 10.1. The van der Waals surface area contributed by atoms with E-state index >= 15 is 0 Å². The first kappa shape index (κ1) is 29.5. The number of aliphatic carboxylic acids is 1. The van der Waals surface area contributed by atoms with Gasteiger partial charge in [0.15, 0.2) is 0 Å². The molecule has 3 N–H and O–H groups in total. The number of benzene rings is 2. The maximum atomic E-state index is 13.5. The summed E-state index contributed by atoms with van der Waals surface area (Å²) < 4.78 is 11.5. The number of methoxy groups -OCH3 is 1. The van der Waals surface area contributed by atoms with E-state index in [-0.39, 0.29) is 46.6 Å². The van der Waals surface area contributed by atoms with Crippen molar-refractivity contribution in [1.82, 2.24) is 5.32 Å². The van der Waals surface area contributed by atoms with Crippen molar-refractivity contribution in [3.05, 3.63) is 52.6 Å². The largest absolute Gasteiger partial charge is 0.496 e. The quantitative estimate of drug-likeness (QED) is 0.395. The van der Waals surface area contributed by atoms with Crippen molar-refractivity contribution in [2.45, 2.75) is 72.4 Å². The van der Waals surface area contributed by atoms with Crippen LogP contribution in [0.2, 0.25) is 0 Å². The highest BCUT2D eigenvalue weighted by Gasteiger charge is 2.38. The van der Waals surface area contributed by atoms with Crippen molar-refractivity contribution in [3.8, 4) is 17.6 Å². The number of nitriles is 1. The maximum Gasteiger partial charge on any atom is 0.309 e. The Kier molecular flexibility index (Phi) is 9.23. The number of hydrogen-bond donors (Lipinski definition) is 3. The van der Waals surface area contributed by atoms with Crippen LogP contribution in [0.4, 0.5) is 5.69 Å². The summed E-state index contributed by atoms with van der Waals surface area (Å²) in [6.07, 6.45) is 1.64.